The van der Waals surface area contributed by atoms with E-state index in [2.05, 4.69) is 14.8 Å². The predicted molar refractivity (Wildman–Crippen MR) is 104 cm³/mol. The largest absolute Gasteiger partial charge is 0.468 e. The van der Waals surface area contributed by atoms with Crippen molar-refractivity contribution in [3.05, 3.63) is 32.6 Å². The number of alkyl halides is 1. The van der Waals surface area contributed by atoms with E-state index in [1.165, 1.54) is 20.2 Å². The summed E-state index contributed by atoms with van der Waals surface area (Å²) < 4.78 is 48.8. The number of hydrogen-bond donors (Lipinski definition) is 2. The fourth-order valence-corrected chi connectivity index (χ4v) is 4.27. The molecule has 0 aliphatic carbocycles. The zero-order chi connectivity index (χ0) is 22.6. The Morgan fingerprint density at radius 1 is 1.43 bits per heavy atom. The van der Waals surface area contributed by atoms with Gasteiger partial charge in [0.2, 0.25) is 0 Å². The van der Waals surface area contributed by atoms with Crippen molar-refractivity contribution in [3.8, 4) is 0 Å². The number of carbonyl (C=O) groups is 1. The van der Waals surface area contributed by atoms with Crippen LogP contribution in [0.2, 0.25) is 0 Å². The standard InChI is InChI=1S/C17H27FN3O8P/c1-9(2)14(16(23)26-4)20-30(25,27-5)28-8-12-11(18)6-13(29-12)21-7-10(3)15(22)19-17(21)24/h7,9,11-14H,6,8H2,1-5H3,(H,20,25)(H,19,22,24)/t11-,12+,13+,14-,30?/m0/s1. The van der Waals surface area contributed by atoms with Crippen molar-refractivity contribution in [2.24, 2.45) is 5.92 Å². The number of halogens is 1. The molecule has 2 rings (SSSR count). The zero-order valence-electron chi connectivity index (χ0n) is 17.4. The van der Waals surface area contributed by atoms with E-state index < -0.39 is 56.1 Å². The van der Waals surface area contributed by atoms with Gasteiger partial charge in [0.25, 0.3) is 5.56 Å². The van der Waals surface area contributed by atoms with Gasteiger partial charge in [-0.3, -0.25) is 23.7 Å². The minimum Gasteiger partial charge on any atom is -0.468 e. The van der Waals surface area contributed by atoms with Crippen LogP contribution in [0.25, 0.3) is 0 Å². The van der Waals surface area contributed by atoms with Gasteiger partial charge in [0.05, 0.1) is 13.7 Å². The number of aromatic amines is 1. The monoisotopic (exact) mass is 451 g/mol. The lowest BCUT2D eigenvalue weighted by atomic mass is 10.1. The van der Waals surface area contributed by atoms with Crippen LogP contribution >= 0.6 is 7.75 Å². The Morgan fingerprint density at radius 3 is 2.67 bits per heavy atom. The number of carbonyl (C=O) groups excluding carboxylic acids is 1. The van der Waals surface area contributed by atoms with Crippen molar-refractivity contribution in [2.75, 3.05) is 20.8 Å². The number of esters is 1. The van der Waals surface area contributed by atoms with Crippen LogP contribution in [0.3, 0.4) is 0 Å². The third kappa shape index (κ3) is 5.64. The number of H-pyrrole nitrogens is 1. The SMILES string of the molecule is COC(=O)[C@@H](NP(=O)(OC)OC[C@H]1O[C@@H](n2cc(C)c(=O)[nH]c2=O)C[C@@H]1F)C(C)C. The molecule has 1 saturated heterocycles. The molecule has 11 nitrogen and oxygen atoms in total. The van der Waals surface area contributed by atoms with Crippen molar-refractivity contribution in [1.82, 2.24) is 14.6 Å². The Hall–Kier alpha value is -1.85. The van der Waals surface area contributed by atoms with E-state index in [1.54, 1.807) is 13.8 Å². The number of nitrogens with zero attached hydrogens (tertiary/aromatic N) is 1. The van der Waals surface area contributed by atoms with E-state index in [0.29, 0.717) is 0 Å². The van der Waals surface area contributed by atoms with Crippen molar-refractivity contribution in [2.45, 2.75) is 51.7 Å². The summed E-state index contributed by atoms with van der Waals surface area (Å²) in [6.45, 7) is 4.46. The molecule has 1 unspecified atom stereocenters. The Bertz CT molecular complexity index is 917. The second-order valence-electron chi connectivity index (χ2n) is 7.21. The third-order valence-corrected chi connectivity index (χ3v) is 6.25. The van der Waals surface area contributed by atoms with E-state index in [1.807, 2.05) is 0 Å². The Morgan fingerprint density at radius 2 is 2.10 bits per heavy atom. The van der Waals surface area contributed by atoms with Gasteiger partial charge >= 0.3 is 19.4 Å². The van der Waals surface area contributed by atoms with Crippen LogP contribution < -0.4 is 16.3 Å². The van der Waals surface area contributed by atoms with Crippen LogP contribution in [0.4, 0.5) is 4.39 Å². The van der Waals surface area contributed by atoms with Gasteiger partial charge in [0, 0.05) is 25.3 Å². The molecule has 5 atom stereocenters. The number of hydrogen-bond acceptors (Lipinski definition) is 8. The molecule has 0 aromatic carbocycles. The highest BCUT2D eigenvalue weighted by Gasteiger charge is 2.40. The lowest BCUT2D eigenvalue weighted by molar-refractivity contribution is -0.143. The smallest absolute Gasteiger partial charge is 0.406 e. The molecule has 1 aliphatic rings. The summed E-state index contributed by atoms with van der Waals surface area (Å²) in [5.74, 6) is -0.944. The summed E-state index contributed by atoms with van der Waals surface area (Å²) in [5.41, 5.74) is -1.00. The lowest BCUT2D eigenvalue weighted by Gasteiger charge is -2.26. The number of nitrogens with one attached hydrogen (secondary N) is 2. The Balaban J connectivity index is 2.08. The van der Waals surface area contributed by atoms with Crippen LogP contribution in [0.15, 0.2) is 15.8 Å². The molecule has 30 heavy (non-hydrogen) atoms. The van der Waals surface area contributed by atoms with Gasteiger partial charge in [0.15, 0.2) is 0 Å². The number of ether oxygens (including phenoxy) is 2. The first kappa shape index (κ1) is 24.4. The van der Waals surface area contributed by atoms with Gasteiger partial charge in [0.1, 0.15) is 24.5 Å². The molecule has 0 bridgehead atoms. The van der Waals surface area contributed by atoms with Crippen LogP contribution in [-0.4, -0.2) is 54.7 Å². The highest BCUT2D eigenvalue weighted by molar-refractivity contribution is 7.51. The zero-order valence-corrected chi connectivity index (χ0v) is 18.3. The lowest BCUT2D eigenvalue weighted by Crippen LogP contribution is -2.41. The quantitative estimate of drug-likeness (QED) is 0.416. The maximum absolute atomic E-state index is 14.5. The number of aryl methyl sites for hydroxylation is 1. The third-order valence-electron chi connectivity index (χ3n) is 4.69. The summed E-state index contributed by atoms with van der Waals surface area (Å²) in [6, 6.07) is -0.970. The molecule has 1 aromatic heterocycles. The molecule has 2 N–H and O–H groups in total. The Kier molecular flexibility index (Phi) is 8.12. The van der Waals surface area contributed by atoms with E-state index in [9.17, 15) is 23.3 Å². The first-order valence-electron chi connectivity index (χ1n) is 9.28. The van der Waals surface area contributed by atoms with Gasteiger partial charge in [-0.15, -0.1) is 0 Å². The topological polar surface area (TPSA) is 138 Å². The van der Waals surface area contributed by atoms with Gasteiger partial charge in [-0.05, 0) is 12.8 Å². The average Bonchev–Trinajstić information content (AvgIpc) is 3.07. The molecular formula is C17H27FN3O8P. The predicted octanol–water partition coefficient (Wildman–Crippen LogP) is 1.03. The van der Waals surface area contributed by atoms with Crippen molar-refractivity contribution < 1.29 is 32.3 Å². The summed E-state index contributed by atoms with van der Waals surface area (Å²) in [6.07, 6.45) is -2.52. The second-order valence-corrected chi connectivity index (χ2v) is 9.09. The number of rotatable bonds is 9. The summed E-state index contributed by atoms with van der Waals surface area (Å²) >= 11 is 0. The van der Waals surface area contributed by atoms with E-state index in [0.717, 1.165) is 11.7 Å². The van der Waals surface area contributed by atoms with Crippen LogP contribution in [0, 0.1) is 12.8 Å². The van der Waals surface area contributed by atoms with Crippen LogP contribution in [0.5, 0.6) is 0 Å². The van der Waals surface area contributed by atoms with Crippen molar-refractivity contribution >= 4 is 13.7 Å². The van der Waals surface area contributed by atoms with Gasteiger partial charge in [-0.2, -0.15) is 0 Å². The molecule has 1 aliphatic heterocycles. The van der Waals surface area contributed by atoms with Crippen molar-refractivity contribution in [1.29, 1.82) is 0 Å². The molecule has 0 spiro atoms. The maximum atomic E-state index is 14.5. The van der Waals surface area contributed by atoms with E-state index >= 15 is 0 Å². The second kappa shape index (κ2) is 9.97. The molecule has 0 radical (unpaired) electrons. The van der Waals surface area contributed by atoms with Gasteiger partial charge in [-0.25, -0.2) is 18.8 Å². The van der Waals surface area contributed by atoms with E-state index in [4.69, 9.17) is 13.8 Å². The molecule has 2 heterocycles. The molecule has 170 valence electrons. The normalized spacial score (nSPS) is 24.6. The molecule has 1 aromatic rings. The number of aromatic nitrogens is 2. The summed E-state index contributed by atoms with van der Waals surface area (Å²) in [7, 11) is -1.67. The average molecular weight is 451 g/mol. The molecule has 0 amide bonds. The molecule has 13 heteroatoms. The molecular weight excluding hydrogens is 424 g/mol. The first-order valence-corrected chi connectivity index (χ1v) is 10.8. The van der Waals surface area contributed by atoms with Gasteiger partial charge < -0.3 is 14.0 Å². The van der Waals surface area contributed by atoms with E-state index in [-0.39, 0.29) is 17.9 Å². The highest BCUT2D eigenvalue weighted by Crippen LogP contribution is 2.45. The maximum Gasteiger partial charge on any atom is 0.406 e. The minimum absolute atomic E-state index is 0.166. The highest BCUT2D eigenvalue weighted by atomic mass is 31.2. The first-order chi connectivity index (χ1) is 14.0. The molecule has 0 saturated carbocycles. The number of methoxy groups -OCH3 is 1. The van der Waals surface area contributed by atoms with Gasteiger partial charge in [-0.1, -0.05) is 13.8 Å². The Labute approximate surface area is 172 Å². The fourth-order valence-electron chi connectivity index (χ4n) is 2.90. The molecule has 1 fully saturated rings. The summed E-state index contributed by atoms with van der Waals surface area (Å²) in [4.78, 5) is 37.5. The fraction of sp³-hybridized carbons (Fsp3) is 0.706. The summed E-state index contributed by atoms with van der Waals surface area (Å²) in [5, 5.41) is 2.50. The van der Waals surface area contributed by atoms with Crippen LogP contribution in [0.1, 0.15) is 32.1 Å². The van der Waals surface area contributed by atoms with Crippen molar-refractivity contribution in [3.63, 3.8) is 0 Å². The minimum atomic E-state index is -3.99. The van der Waals surface area contributed by atoms with Crippen LogP contribution in [-0.2, 0) is 27.9 Å².